The Kier molecular flexibility index (Phi) is 7.25. The quantitative estimate of drug-likeness (QED) is 0.643. The molecule has 3 nitrogen and oxygen atoms in total. The molecule has 0 aliphatic rings. The van der Waals surface area contributed by atoms with E-state index in [0.717, 1.165) is 0 Å². The number of alkyl halides is 2. The van der Waals surface area contributed by atoms with Gasteiger partial charge in [0.1, 0.15) is 6.61 Å². The summed E-state index contributed by atoms with van der Waals surface area (Å²) in [5.41, 5.74) is 0. The molecule has 14 heavy (non-hydrogen) atoms. The molecule has 0 aromatic carbocycles. The van der Waals surface area contributed by atoms with Gasteiger partial charge in [-0.3, -0.25) is 5.32 Å². The zero-order valence-corrected chi connectivity index (χ0v) is 8.46. The van der Waals surface area contributed by atoms with Crippen LogP contribution in [0, 0.1) is 11.3 Å². The Morgan fingerprint density at radius 2 is 2.07 bits per heavy atom. The highest BCUT2D eigenvalue weighted by Gasteiger charge is 2.09. The highest BCUT2D eigenvalue weighted by Crippen LogP contribution is 1.97. The molecule has 0 spiro atoms. The monoisotopic (exact) mass is 206 g/mol. The Hall–Kier alpha value is -0.730. The smallest absolute Gasteiger partial charge is 0.261 e. The van der Waals surface area contributed by atoms with Crippen LogP contribution in [0.3, 0.4) is 0 Å². The Morgan fingerprint density at radius 1 is 1.43 bits per heavy atom. The summed E-state index contributed by atoms with van der Waals surface area (Å²) in [6, 6.07) is 1.92. The highest BCUT2D eigenvalue weighted by molar-refractivity contribution is 4.90. The number of halogens is 2. The lowest BCUT2D eigenvalue weighted by atomic mass is 10.2. The summed E-state index contributed by atoms with van der Waals surface area (Å²) in [6.45, 7) is 3.47. The molecule has 1 N–H and O–H groups in total. The summed E-state index contributed by atoms with van der Waals surface area (Å²) in [7, 11) is 0. The van der Waals surface area contributed by atoms with Crippen molar-refractivity contribution in [1.82, 2.24) is 5.32 Å². The molecule has 0 heterocycles. The number of hydrogen-bond acceptors (Lipinski definition) is 3. The zero-order valence-electron chi connectivity index (χ0n) is 8.46. The van der Waals surface area contributed by atoms with Crippen molar-refractivity contribution in [2.24, 2.45) is 0 Å². The van der Waals surface area contributed by atoms with E-state index in [9.17, 15) is 8.78 Å². The molecule has 82 valence electrons. The second-order valence-corrected chi connectivity index (χ2v) is 3.26. The molecule has 0 aromatic rings. The minimum absolute atomic E-state index is 0.183. The Morgan fingerprint density at radius 3 is 2.50 bits per heavy atom. The molecule has 0 radical (unpaired) electrons. The summed E-state index contributed by atoms with van der Waals surface area (Å²) in [4.78, 5) is 0. The Balaban J connectivity index is 3.49. The predicted molar refractivity (Wildman–Crippen MR) is 49.1 cm³/mol. The summed E-state index contributed by atoms with van der Waals surface area (Å²) >= 11 is 0. The average Bonchev–Trinajstić information content (AvgIpc) is 2.09. The number of ether oxygens (including phenoxy) is 1. The van der Waals surface area contributed by atoms with Crippen molar-refractivity contribution >= 4 is 0 Å². The fraction of sp³-hybridized carbons (Fsp3) is 0.889. The number of nitrogens with zero attached hydrogens (tertiary/aromatic N) is 1. The number of hydrogen-bond donors (Lipinski definition) is 1. The maximum atomic E-state index is 11.6. The van der Waals surface area contributed by atoms with Crippen LogP contribution >= 0.6 is 0 Å². The highest BCUT2D eigenvalue weighted by atomic mass is 19.3. The van der Waals surface area contributed by atoms with Crippen LogP contribution in [0.2, 0.25) is 0 Å². The van der Waals surface area contributed by atoms with Crippen LogP contribution in [0.25, 0.3) is 0 Å². The molecular formula is C9H16F2N2O. The zero-order chi connectivity index (χ0) is 11.0. The van der Waals surface area contributed by atoms with Crippen LogP contribution in [0.1, 0.15) is 20.3 Å². The lowest BCUT2D eigenvalue weighted by Crippen LogP contribution is -2.34. The van der Waals surface area contributed by atoms with Gasteiger partial charge in [0, 0.05) is 12.6 Å². The van der Waals surface area contributed by atoms with E-state index in [2.05, 4.69) is 10.1 Å². The van der Waals surface area contributed by atoms with Gasteiger partial charge < -0.3 is 4.74 Å². The van der Waals surface area contributed by atoms with E-state index in [4.69, 9.17) is 5.26 Å². The van der Waals surface area contributed by atoms with E-state index in [1.807, 2.05) is 19.9 Å². The fourth-order valence-corrected chi connectivity index (χ4v) is 0.961. The van der Waals surface area contributed by atoms with Crippen LogP contribution in [0.15, 0.2) is 0 Å². The maximum absolute atomic E-state index is 11.6. The minimum Gasteiger partial charge on any atom is -0.375 e. The number of nitriles is 1. The summed E-state index contributed by atoms with van der Waals surface area (Å²) in [5.74, 6) is 0. The second kappa shape index (κ2) is 7.65. The van der Waals surface area contributed by atoms with Crippen molar-refractivity contribution in [3.8, 4) is 6.07 Å². The van der Waals surface area contributed by atoms with E-state index in [1.54, 1.807) is 0 Å². The summed E-state index contributed by atoms with van der Waals surface area (Å²) < 4.78 is 28.0. The lowest BCUT2D eigenvalue weighted by Gasteiger charge is -2.14. The van der Waals surface area contributed by atoms with E-state index < -0.39 is 13.0 Å². The van der Waals surface area contributed by atoms with Gasteiger partial charge in [0.25, 0.3) is 6.43 Å². The van der Waals surface area contributed by atoms with Gasteiger partial charge in [0.05, 0.1) is 12.1 Å². The van der Waals surface area contributed by atoms with Crippen molar-refractivity contribution in [3.63, 3.8) is 0 Å². The standard InChI is InChI=1S/C9H16F2N2O/c1-7(2)13-8(5-12)3-4-14-6-9(10)11/h7-9,13H,3-4,6H2,1-2H3. The molecule has 0 saturated carbocycles. The van der Waals surface area contributed by atoms with Gasteiger partial charge in [-0.1, -0.05) is 0 Å². The first kappa shape index (κ1) is 13.3. The van der Waals surface area contributed by atoms with Crippen LogP contribution in [0.4, 0.5) is 8.78 Å². The molecule has 0 rings (SSSR count). The minimum atomic E-state index is -2.44. The van der Waals surface area contributed by atoms with Crippen LogP contribution in [0.5, 0.6) is 0 Å². The van der Waals surface area contributed by atoms with E-state index in [0.29, 0.717) is 6.42 Å². The van der Waals surface area contributed by atoms with Gasteiger partial charge in [-0.15, -0.1) is 0 Å². The van der Waals surface area contributed by atoms with Crippen LogP contribution in [-0.4, -0.2) is 31.7 Å². The molecular weight excluding hydrogens is 190 g/mol. The van der Waals surface area contributed by atoms with Crippen molar-refractivity contribution in [2.75, 3.05) is 13.2 Å². The van der Waals surface area contributed by atoms with Crippen LogP contribution in [-0.2, 0) is 4.74 Å². The van der Waals surface area contributed by atoms with Gasteiger partial charge in [-0.2, -0.15) is 5.26 Å². The molecule has 0 bridgehead atoms. The Bertz CT molecular complexity index is 180. The van der Waals surface area contributed by atoms with Gasteiger partial charge >= 0.3 is 0 Å². The average molecular weight is 206 g/mol. The third-order valence-corrected chi connectivity index (χ3v) is 1.49. The molecule has 0 aliphatic carbocycles. The van der Waals surface area contributed by atoms with Crippen molar-refractivity contribution < 1.29 is 13.5 Å². The van der Waals surface area contributed by atoms with Crippen molar-refractivity contribution in [3.05, 3.63) is 0 Å². The summed E-state index contributed by atoms with van der Waals surface area (Å²) in [6.07, 6.45) is -2.00. The molecule has 0 amide bonds. The topological polar surface area (TPSA) is 45.0 Å². The van der Waals surface area contributed by atoms with Crippen molar-refractivity contribution in [2.45, 2.75) is 38.8 Å². The normalized spacial score (nSPS) is 13.2. The van der Waals surface area contributed by atoms with Crippen molar-refractivity contribution in [1.29, 1.82) is 5.26 Å². The number of rotatable bonds is 7. The Labute approximate surface area is 83.0 Å². The molecule has 5 heteroatoms. The molecule has 1 unspecified atom stereocenters. The summed E-state index contributed by atoms with van der Waals surface area (Å²) in [5, 5.41) is 11.7. The predicted octanol–water partition coefficient (Wildman–Crippen LogP) is 1.55. The van der Waals surface area contributed by atoms with Gasteiger partial charge in [-0.05, 0) is 20.3 Å². The molecule has 0 saturated heterocycles. The van der Waals surface area contributed by atoms with Gasteiger partial charge in [0.15, 0.2) is 0 Å². The number of nitrogens with one attached hydrogen (secondary N) is 1. The first-order valence-electron chi connectivity index (χ1n) is 4.57. The van der Waals surface area contributed by atoms with Gasteiger partial charge in [0.2, 0.25) is 0 Å². The second-order valence-electron chi connectivity index (χ2n) is 3.26. The van der Waals surface area contributed by atoms with E-state index >= 15 is 0 Å². The largest absolute Gasteiger partial charge is 0.375 e. The van der Waals surface area contributed by atoms with Crippen LogP contribution < -0.4 is 5.32 Å². The molecule has 1 atom stereocenters. The molecule has 0 aliphatic heterocycles. The first-order chi connectivity index (χ1) is 6.56. The fourth-order valence-electron chi connectivity index (χ4n) is 0.961. The lowest BCUT2D eigenvalue weighted by molar-refractivity contribution is 0.0154. The maximum Gasteiger partial charge on any atom is 0.261 e. The molecule has 0 fully saturated rings. The first-order valence-corrected chi connectivity index (χ1v) is 4.57. The third-order valence-electron chi connectivity index (χ3n) is 1.49. The van der Waals surface area contributed by atoms with E-state index in [-0.39, 0.29) is 18.7 Å². The SMILES string of the molecule is CC(C)NC(C#N)CCOCC(F)F. The molecule has 0 aromatic heterocycles. The third kappa shape index (κ3) is 7.90. The van der Waals surface area contributed by atoms with Gasteiger partial charge in [-0.25, -0.2) is 8.78 Å². The van der Waals surface area contributed by atoms with E-state index in [1.165, 1.54) is 0 Å².